The van der Waals surface area contributed by atoms with Crippen LogP contribution in [0.15, 0.2) is 59.5 Å². The molecule has 1 aromatic heterocycles. The molecule has 2 atom stereocenters. The van der Waals surface area contributed by atoms with E-state index in [2.05, 4.69) is 22.0 Å². The Hall–Kier alpha value is -2.86. The third-order valence-electron chi connectivity index (χ3n) is 6.42. The van der Waals surface area contributed by atoms with Gasteiger partial charge < -0.3 is 9.88 Å². The van der Waals surface area contributed by atoms with Crippen LogP contribution in [0.5, 0.6) is 0 Å². The van der Waals surface area contributed by atoms with Gasteiger partial charge in [0.1, 0.15) is 5.82 Å². The van der Waals surface area contributed by atoms with Crippen LogP contribution in [-0.2, 0) is 4.79 Å². The number of benzene rings is 2. The zero-order valence-electron chi connectivity index (χ0n) is 19.5. The van der Waals surface area contributed by atoms with Crippen molar-refractivity contribution < 1.29 is 9.59 Å². The van der Waals surface area contributed by atoms with Crippen LogP contribution >= 0.6 is 11.8 Å². The fourth-order valence-electron chi connectivity index (χ4n) is 4.76. The van der Waals surface area contributed by atoms with Gasteiger partial charge in [-0.2, -0.15) is 0 Å². The molecule has 1 aliphatic rings. The maximum absolute atomic E-state index is 12.6. The van der Waals surface area contributed by atoms with Crippen LogP contribution < -0.4 is 5.32 Å². The van der Waals surface area contributed by atoms with Crippen LogP contribution in [0.4, 0.5) is 0 Å². The standard InChI is InChI=1S/C27H31N3O2S/c1-4-24(31)19-14-15-23-22(16-19)29-26(18-10-7-6-8-11-18)30(23)21-13-9-12-20(17-21)28-27(32)25(5-2)33-3/h5-8,10-11,14-16,20-21H,4,9,12-13,17H2,1-3H3,(H,28,32)/b25-5-. The smallest absolute Gasteiger partial charge is 0.257 e. The van der Waals surface area contributed by atoms with Crippen LogP contribution in [0.3, 0.4) is 0 Å². The molecule has 1 N–H and O–H groups in total. The Bertz CT molecular complexity index is 1180. The summed E-state index contributed by atoms with van der Waals surface area (Å²) in [6.45, 7) is 3.78. The summed E-state index contributed by atoms with van der Waals surface area (Å²) < 4.78 is 2.33. The van der Waals surface area contributed by atoms with Crippen LogP contribution in [0.1, 0.15) is 62.4 Å². The number of nitrogens with one attached hydrogen (secondary N) is 1. The summed E-state index contributed by atoms with van der Waals surface area (Å²) in [5.74, 6) is 1.06. The lowest BCUT2D eigenvalue weighted by Crippen LogP contribution is -2.39. The van der Waals surface area contributed by atoms with Gasteiger partial charge >= 0.3 is 0 Å². The Morgan fingerprint density at radius 3 is 2.67 bits per heavy atom. The summed E-state index contributed by atoms with van der Waals surface area (Å²) in [7, 11) is 0. The molecule has 2 unspecified atom stereocenters. The highest BCUT2D eigenvalue weighted by atomic mass is 32.2. The summed E-state index contributed by atoms with van der Waals surface area (Å²) in [5, 5.41) is 3.25. The zero-order chi connectivity index (χ0) is 23.4. The van der Waals surface area contributed by atoms with Crippen molar-refractivity contribution in [3.05, 3.63) is 65.1 Å². The molecule has 1 fully saturated rings. The second-order valence-electron chi connectivity index (χ2n) is 8.50. The molecule has 3 aromatic rings. The molecule has 1 saturated carbocycles. The normalized spacial score (nSPS) is 18.9. The number of nitrogens with zero attached hydrogens (tertiary/aromatic N) is 2. The molecule has 0 radical (unpaired) electrons. The molecule has 0 aliphatic heterocycles. The quantitative estimate of drug-likeness (QED) is 0.338. The molecule has 1 aliphatic carbocycles. The number of hydrogen-bond donors (Lipinski definition) is 1. The van der Waals surface area contributed by atoms with E-state index in [1.165, 1.54) is 11.8 Å². The molecule has 2 aromatic carbocycles. The van der Waals surface area contributed by atoms with E-state index in [-0.39, 0.29) is 23.8 Å². The summed E-state index contributed by atoms with van der Waals surface area (Å²) >= 11 is 1.48. The van der Waals surface area contributed by atoms with Crippen molar-refractivity contribution in [3.8, 4) is 11.4 Å². The number of imidazole rings is 1. The number of Topliss-reactive ketones (excluding diaryl/α,β-unsaturated/α-hetero) is 1. The van der Waals surface area contributed by atoms with Crippen LogP contribution in [0.2, 0.25) is 0 Å². The monoisotopic (exact) mass is 461 g/mol. The first-order chi connectivity index (χ1) is 16.0. The minimum Gasteiger partial charge on any atom is -0.349 e. The summed E-state index contributed by atoms with van der Waals surface area (Å²) in [6.07, 6.45) is 8.19. The lowest BCUT2D eigenvalue weighted by molar-refractivity contribution is -0.117. The fraction of sp³-hybridized carbons (Fsp3) is 0.370. The van der Waals surface area contributed by atoms with Gasteiger partial charge in [-0.05, 0) is 57.1 Å². The molecule has 0 spiro atoms. The van der Waals surface area contributed by atoms with Gasteiger partial charge in [-0.25, -0.2) is 4.98 Å². The predicted molar refractivity (Wildman–Crippen MR) is 136 cm³/mol. The number of amides is 1. The molecule has 1 heterocycles. The Kier molecular flexibility index (Phi) is 7.33. The first-order valence-corrected chi connectivity index (χ1v) is 12.9. The van der Waals surface area contributed by atoms with Crippen molar-refractivity contribution in [1.82, 2.24) is 14.9 Å². The van der Waals surface area contributed by atoms with Gasteiger partial charge in [0, 0.05) is 29.6 Å². The van der Waals surface area contributed by atoms with Gasteiger partial charge in [0.15, 0.2) is 5.78 Å². The predicted octanol–water partition coefficient (Wildman–Crippen LogP) is 6.16. The zero-order valence-corrected chi connectivity index (χ0v) is 20.3. The third-order valence-corrected chi connectivity index (χ3v) is 7.28. The number of ketones is 1. The maximum Gasteiger partial charge on any atom is 0.257 e. The van der Waals surface area contributed by atoms with E-state index in [0.717, 1.165) is 53.0 Å². The van der Waals surface area contributed by atoms with Gasteiger partial charge in [0.25, 0.3) is 5.91 Å². The van der Waals surface area contributed by atoms with Crippen molar-refractivity contribution in [3.63, 3.8) is 0 Å². The van der Waals surface area contributed by atoms with E-state index in [0.29, 0.717) is 12.0 Å². The van der Waals surface area contributed by atoms with Crippen molar-refractivity contribution in [1.29, 1.82) is 0 Å². The molecule has 172 valence electrons. The SMILES string of the molecule is C/C=C(\SC)C(=O)NC1CCCC(n2c(-c3ccccc3)nc3cc(C(=O)CC)ccc32)C1. The topological polar surface area (TPSA) is 64.0 Å². The molecular weight excluding hydrogens is 430 g/mol. The van der Waals surface area contributed by atoms with E-state index in [1.807, 2.05) is 62.6 Å². The minimum atomic E-state index is 0.0112. The van der Waals surface area contributed by atoms with Crippen molar-refractivity contribution >= 4 is 34.5 Å². The maximum atomic E-state index is 12.6. The lowest BCUT2D eigenvalue weighted by atomic mass is 9.90. The van der Waals surface area contributed by atoms with Crippen molar-refractivity contribution in [2.45, 2.75) is 58.0 Å². The molecule has 0 bridgehead atoms. The number of allylic oxidation sites excluding steroid dienone is 1. The first-order valence-electron chi connectivity index (χ1n) is 11.7. The van der Waals surface area contributed by atoms with Crippen LogP contribution in [-0.4, -0.2) is 33.5 Å². The van der Waals surface area contributed by atoms with E-state index in [9.17, 15) is 9.59 Å². The fourth-order valence-corrected chi connectivity index (χ4v) is 5.24. The van der Waals surface area contributed by atoms with Crippen molar-refractivity contribution in [2.24, 2.45) is 0 Å². The average Bonchev–Trinajstić information content (AvgIpc) is 3.24. The van der Waals surface area contributed by atoms with Gasteiger partial charge in [0.05, 0.1) is 15.9 Å². The molecule has 33 heavy (non-hydrogen) atoms. The molecular formula is C27H31N3O2S. The highest BCUT2D eigenvalue weighted by Gasteiger charge is 2.28. The molecule has 6 heteroatoms. The minimum absolute atomic E-state index is 0.0112. The average molecular weight is 462 g/mol. The van der Waals surface area contributed by atoms with Crippen molar-refractivity contribution in [2.75, 3.05) is 6.26 Å². The second-order valence-corrected chi connectivity index (χ2v) is 9.35. The molecule has 5 nitrogen and oxygen atoms in total. The van der Waals surface area contributed by atoms with Gasteiger partial charge in [0.2, 0.25) is 0 Å². The number of aromatic nitrogens is 2. The highest BCUT2D eigenvalue weighted by molar-refractivity contribution is 8.03. The number of rotatable bonds is 7. The van der Waals surface area contributed by atoms with E-state index in [4.69, 9.17) is 4.98 Å². The van der Waals surface area contributed by atoms with E-state index < -0.39 is 0 Å². The Morgan fingerprint density at radius 1 is 1.18 bits per heavy atom. The van der Waals surface area contributed by atoms with Crippen LogP contribution in [0, 0.1) is 0 Å². The number of hydrogen-bond acceptors (Lipinski definition) is 4. The highest BCUT2D eigenvalue weighted by Crippen LogP contribution is 2.36. The molecule has 1 amide bonds. The Morgan fingerprint density at radius 2 is 1.97 bits per heavy atom. The number of carbonyl (C=O) groups excluding carboxylic acids is 2. The Balaban J connectivity index is 1.72. The number of fused-ring (bicyclic) bond motifs is 1. The molecule has 4 rings (SSSR count). The third kappa shape index (κ3) is 4.91. The summed E-state index contributed by atoms with van der Waals surface area (Å²) in [4.78, 5) is 30.7. The summed E-state index contributed by atoms with van der Waals surface area (Å²) in [5.41, 5.74) is 3.65. The van der Waals surface area contributed by atoms with E-state index in [1.54, 1.807) is 0 Å². The largest absolute Gasteiger partial charge is 0.349 e. The van der Waals surface area contributed by atoms with E-state index >= 15 is 0 Å². The first kappa shape index (κ1) is 23.3. The van der Waals surface area contributed by atoms with Gasteiger partial charge in [-0.3, -0.25) is 9.59 Å². The number of thioether (sulfide) groups is 1. The summed E-state index contributed by atoms with van der Waals surface area (Å²) in [6, 6.07) is 16.4. The second kappa shape index (κ2) is 10.4. The van der Waals surface area contributed by atoms with Gasteiger partial charge in [-0.1, -0.05) is 43.3 Å². The van der Waals surface area contributed by atoms with Crippen LogP contribution in [0.25, 0.3) is 22.4 Å². The lowest BCUT2D eigenvalue weighted by Gasteiger charge is -2.32. The Labute approximate surface area is 199 Å². The van der Waals surface area contributed by atoms with Gasteiger partial charge in [-0.15, -0.1) is 11.8 Å². The molecule has 0 saturated heterocycles. The number of carbonyl (C=O) groups is 2.